The fourth-order valence-corrected chi connectivity index (χ4v) is 3.57. The Kier molecular flexibility index (Phi) is 4.27. The van der Waals surface area contributed by atoms with Gasteiger partial charge in [-0.1, -0.05) is 36.4 Å². The van der Waals surface area contributed by atoms with Crippen molar-refractivity contribution in [1.82, 2.24) is 9.80 Å². The number of aliphatic hydroxyl groups is 1. The first-order valence-electron chi connectivity index (χ1n) is 8.65. The first-order valence-corrected chi connectivity index (χ1v) is 8.65. The number of hydrogen-bond donors (Lipinski definition) is 1. The molecule has 3 aliphatic rings. The molecule has 0 aromatic heterocycles. The molecule has 4 rings (SSSR count). The summed E-state index contributed by atoms with van der Waals surface area (Å²) in [5.41, 5.74) is 4.40. The quantitative estimate of drug-likeness (QED) is 0.906. The molecule has 1 N–H and O–H groups in total. The maximum atomic E-state index is 10.5. The number of likely N-dealkylation sites (N-methyl/N-ethyl adjacent to an activating group) is 1. The largest absolute Gasteiger partial charge is 0.369 e. The highest BCUT2D eigenvalue weighted by Gasteiger charge is 2.29. The van der Waals surface area contributed by atoms with E-state index in [4.69, 9.17) is 4.74 Å². The van der Waals surface area contributed by atoms with Crippen molar-refractivity contribution in [1.29, 1.82) is 0 Å². The summed E-state index contributed by atoms with van der Waals surface area (Å²) in [6.45, 7) is 4.24. The number of hydrogen-bond acceptors (Lipinski definition) is 4. The van der Waals surface area contributed by atoms with Crippen LogP contribution in [-0.2, 0) is 4.74 Å². The van der Waals surface area contributed by atoms with Crippen LogP contribution < -0.4 is 0 Å². The molecule has 1 aliphatic carbocycles. The van der Waals surface area contributed by atoms with Crippen LogP contribution in [0, 0.1) is 0 Å². The lowest BCUT2D eigenvalue weighted by atomic mass is 9.90. The van der Waals surface area contributed by atoms with Crippen LogP contribution in [0.25, 0.3) is 0 Å². The van der Waals surface area contributed by atoms with Gasteiger partial charge in [0.15, 0.2) is 6.29 Å². The molecule has 4 heteroatoms. The van der Waals surface area contributed by atoms with Crippen molar-refractivity contribution >= 4 is 0 Å². The number of ether oxygens (including phenoxy) is 1. The smallest absolute Gasteiger partial charge is 0.182 e. The Balaban J connectivity index is 1.55. The van der Waals surface area contributed by atoms with Crippen molar-refractivity contribution in [3.05, 3.63) is 71.0 Å². The van der Waals surface area contributed by atoms with Gasteiger partial charge in [0, 0.05) is 37.4 Å². The Hall–Kier alpha value is -1.88. The zero-order chi connectivity index (χ0) is 16.5. The van der Waals surface area contributed by atoms with Gasteiger partial charge < -0.3 is 19.6 Å². The molecule has 4 nitrogen and oxygen atoms in total. The van der Waals surface area contributed by atoms with Crippen LogP contribution in [0.15, 0.2) is 65.4 Å². The van der Waals surface area contributed by atoms with Crippen LogP contribution in [0.3, 0.4) is 0 Å². The second-order valence-electron chi connectivity index (χ2n) is 6.73. The molecule has 1 aromatic carbocycles. The van der Waals surface area contributed by atoms with Gasteiger partial charge in [0.1, 0.15) is 6.10 Å². The third-order valence-corrected chi connectivity index (χ3v) is 5.10. The molecule has 2 atom stereocenters. The van der Waals surface area contributed by atoms with Gasteiger partial charge in [0.25, 0.3) is 0 Å². The van der Waals surface area contributed by atoms with Gasteiger partial charge in [-0.2, -0.15) is 0 Å². The minimum absolute atomic E-state index is 0.174. The van der Waals surface area contributed by atoms with Gasteiger partial charge in [-0.3, -0.25) is 0 Å². The van der Waals surface area contributed by atoms with E-state index in [2.05, 4.69) is 35.1 Å². The minimum Gasteiger partial charge on any atom is -0.369 e. The molecular weight excluding hydrogens is 300 g/mol. The number of benzene rings is 1. The van der Waals surface area contributed by atoms with Crippen LogP contribution >= 0.6 is 0 Å². The van der Waals surface area contributed by atoms with Gasteiger partial charge in [0.05, 0.1) is 0 Å². The molecule has 0 radical (unpaired) electrons. The van der Waals surface area contributed by atoms with E-state index in [0.29, 0.717) is 0 Å². The van der Waals surface area contributed by atoms with E-state index in [1.165, 1.54) is 11.3 Å². The van der Waals surface area contributed by atoms with E-state index in [1.807, 2.05) is 30.3 Å². The van der Waals surface area contributed by atoms with Crippen molar-refractivity contribution in [2.45, 2.75) is 18.8 Å². The number of nitrogens with zero attached hydrogens (tertiary/aromatic N) is 2. The van der Waals surface area contributed by atoms with Crippen molar-refractivity contribution < 1.29 is 9.84 Å². The molecule has 1 saturated heterocycles. The first kappa shape index (κ1) is 15.6. The highest BCUT2D eigenvalue weighted by atomic mass is 16.6. The Morgan fingerprint density at radius 2 is 1.83 bits per heavy atom. The van der Waals surface area contributed by atoms with E-state index in [0.717, 1.165) is 43.7 Å². The van der Waals surface area contributed by atoms with Crippen LogP contribution in [0.4, 0.5) is 0 Å². The van der Waals surface area contributed by atoms with E-state index < -0.39 is 6.29 Å². The Morgan fingerprint density at radius 3 is 2.58 bits per heavy atom. The highest BCUT2D eigenvalue weighted by Crippen LogP contribution is 2.37. The Bertz CT molecular complexity index is 685. The normalized spacial score (nSPS) is 27.9. The number of fused-ring (bicyclic) bond motifs is 1. The summed E-state index contributed by atoms with van der Waals surface area (Å²) in [6.07, 6.45) is 6.36. The van der Waals surface area contributed by atoms with Gasteiger partial charge in [-0.15, -0.1) is 0 Å². The molecule has 1 aromatic rings. The molecule has 1 fully saturated rings. The van der Waals surface area contributed by atoms with Crippen molar-refractivity contribution in [3.8, 4) is 0 Å². The van der Waals surface area contributed by atoms with Gasteiger partial charge >= 0.3 is 0 Å². The molecule has 0 amide bonds. The zero-order valence-corrected chi connectivity index (χ0v) is 14.1. The second-order valence-corrected chi connectivity index (χ2v) is 6.73. The maximum Gasteiger partial charge on any atom is 0.182 e. The number of piperazine rings is 1. The lowest BCUT2D eigenvalue weighted by molar-refractivity contribution is -0.103. The summed E-state index contributed by atoms with van der Waals surface area (Å²) in [5.74, 6) is 0. The molecule has 0 spiro atoms. The third kappa shape index (κ3) is 3.05. The zero-order valence-electron chi connectivity index (χ0n) is 14.1. The fourth-order valence-electron chi connectivity index (χ4n) is 3.57. The lowest BCUT2D eigenvalue weighted by Gasteiger charge is -2.37. The number of rotatable bonds is 2. The minimum atomic E-state index is -0.855. The summed E-state index contributed by atoms with van der Waals surface area (Å²) in [7, 11) is 2.16. The molecular formula is C20H24N2O2. The average Bonchev–Trinajstić information content (AvgIpc) is 2.63. The van der Waals surface area contributed by atoms with Gasteiger partial charge in [-0.25, -0.2) is 0 Å². The fraction of sp³-hybridized carbons (Fsp3) is 0.400. The predicted molar refractivity (Wildman–Crippen MR) is 94.2 cm³/mol. The maximum absolute atomic E-state index is 10.5. The second kappa shape index (κ2) is 6.55. The first-order chi connectivity index (χ1) is 11.7. The molecule has 2 heterocycles. The van der Waals surface area contributed by atoms with Crippen LogP contribution in [0.5, 0.6) is 0 Å². The van der Waals surface area contributed by atoms with Crippen LogP contribution in [0.1, 0.15) is 18.1 Å². The predicted octanol–water partition coefficient (Wildman–Crippen LogP) is 2.46. The lowest BCUT2D eigenvalue weighted by Crippen LogP contribution is -2.44. The van der Waals surface area contributed by atoms with Crippen LogP contribution in [0.2, 0.25) is 0 Å². The topological polar surface area (TPSA) is 35.9 Å². The summed E-state index contributed by atoms with van der Waals surface area (Å²) < 4.78 is 5.85. The van der Waals surface area contributed by atoms with Crippen molar-refractivity contribution in [3.63, 3.8) is 0 Å². The third-order valence-electron chi connectivity index (χ3n) is 5.10. The SMILES string of the molecule is CN1CCN(C2=CCC3=CC(c4ccccc4)OC(O)C3=C2)CC1. The summed E-state index contributed by atoms with van der Waals surface area (Å²) >= 11 is 0. The molecule has 2 aliphatic heterocycles. The van der Waals surface area contributed by atoms with Gasteiger partial charge in [-0.05, 0) is 36.8 Å². The average molecular weight is 324 g/mol. The van der Waals surface area contributed by atoms with Gasteiger partial charge in [0.2, 0.25) is 0 Å². The van der Waals surface area contributed by atoms with E-state index in [1.54, 1.807) is 0 Å². The molecule has 0 bridgehead atoms. The molecule has 24 heavy (non-hydrogen) atoms. The molecule has 2 unspecified atom stereocenters. The molecule has 0 saturated carbocycles. The standard InChI is InChI=1S/C20H24N2O2/c1-21-9-11-22(12-10-21)17-8-7-16-13-19(15-5-3-2-4-6-15)24-20(23)18(16)14-17/h2-6,8,13-14,19-20,23H,7,9-12H2,1H3. The van der Waals surface area contributed by atoms with E-state index >= 15 is 0 Å². The molecule has 126 valence electrons. The van der Waals surface area contributed by atoms with E-state index in [9.17, 15) is 5.11 Å². The summed E-state index contributed by atoms with van der Waals surface area (Å²) in [6, 6.07) is 10.1. The number of aliphatic hydroxyl groups excluding tert-OH is 1. The summed E-state index contributed by atoms with van der Waals surface area (Å²) in [5, 5.41) is 10.5. The summed E-state index contributed by atoms with van der Waals surface area (Å²) in [4.78, 5) is 4.75. The van der Waals surface area contributed by atoms with Crippen molar-refractivity contribution in [2.75, 3.05) is 33.2 Å². The van der Waals surface area contributed by atoms with Crippen molar-refractivity contribution in [2.24, 2.45) is 0 Å². The van der Waals surface area contributed by atoms with E-state index in [-0.39, 0.29) is 6.10 Å². The monoisotopic (exact) mass is 324 g/mol. The Morgan fingerprint density at radius 1 is 1.08 bits per heavy atom. The Labute approximate surface area is 143 Å². The number of allylic oxidation sites excluding steroid dienone is 2. The highest BCUT2D eigenvalue weighted by molar-refractivity contribution is 5.47. The van der Waals surface area contributed by atoms with Crippen LogP contribution in [-0.4, -0.2) is 54.4 Å².